The zero-order chi connectivity index (χ0) is 18.2. The van der Waals surface area contributed by atoms with E-state index in [0.717, 1.165) is 0 Å². The lowest BCUT2D eigenvalue weighted by atomic mass is 10.2. The molecule has 3 amide bonds. The van der Waals surface area contributed by atoms with Crippen LogP contribution in [0.15, 0.2) is 30.3 Å². The molecule has 0 unspecified atom stereocenters. The zero-order valence-corrected chi connectivity index (χ0v) is 14.1. The first-order valence-electron chi connectivity index (χ1n) is 8.22. The van der Waals surface area contributed by atoms with E-state index in [1.165, 1.54) is 4.90 Å². The molecule has 1 heterocycles. The van der Waals surface area contributed by atoms with Gasteiger partial charge in [0.25, 0.3) is 0 Å². The summed E-state index contributed by atoms with van der Waals surface area (Å²) in [5.41, 5.74) is 5.41. The topological polar surface area (TPSA) is 111 Å². The Kier molecular flexibility index (Phi) is 6.62. The highest BCUT2D eigenvalue weighted by atomic mass is 16.5. The minimum atomic E-state index is -0.740. The van der Waals surface area contributed by atoms with E-state index in [4.69, 9.17) is 15.2 Å². The number of hydrogen-bond acceptors (Lipinski definition) is 5. The largest absolute Gasteiger partial charge is 0.488 e. The Morgan fingerprint density at radius 3 is 2.64 bits per heavy atom. The SMILES string of the molecule is CCOC(=O)CCNC(=O)N1C[C@@H](Oc2ccccc2)C[C@H]1C(N)=O. The molecule has 25 heavy (non-hydrogen) atoms. The summed E-state index contributed by atoms with van der Waals surface area (Å²) in [6.45, 7) is 2.38. The second-order valence-electron chi connectivity index (χ2n) is 5.65. The predicted molar refractivity (Wildman–Crippen MR) is 89.8 cm³/mol. The quantitative estimate of drug-likeness (QED) is 0.703. The van der Waals surface area contributed by atoms with E-state index in [0.29, 0.717) is 18.8 Å². The average Bonchev–Trinajstić information content (AvgIpc) is 3.00. The van der Waals surface area contributed by atoms with E-state index in [2.05, 4.69) is 5.32 Å². The highest BCUT2D eigenvalue weighted by molar-refractivity contribution is 5.86. The van der Waals surface area contributed by atoms with Gasteiger partial charge >= 0.3 is 12.0 Å². The van der Waals surface area contributed by atoms with Gasteiger partial charge in [0.2, 0.25) is 5.91 Å². The number of ether oxygens (including phenoxy) is 2. The van der Waals surface area contributed by atoms with Gasteiger partial charge in [-0.2, -0.15) is 0 Å². The number of urea groups is 1. The molecule has 0 spiro atoms. The Labute approximate surface area is 146 Å². The molecule has 0 saturated carbocycles. The van der Waals surface area contributed by atoms with Crippen LogP contribution in [0.3, 0.4) is 0 Å². The molecule has 1 aromatic rings. The molecule has 8 heteroatoms. The van der Waals surface area contributed by atoms with Gasteiger partial charge in [-0.25, -0.2) is 4.79 Å². The molecule has 1 fully saturated rings. The van der Waals surface area contributed by atoms with Crippen LogP contribution in [0.1, 0.15) is 19.8 Å². The van der Waals surface area contributed by atoms with Crippen molar-refractivity contribution in [3.63, 3.8) is 0 Å². The fourth-order valence-electron chi connectivity index (χ4n) is 2.67. The molecule has 8 nitrogen and oxygen atoms in total. The summed E-state index contributed by atoms with van der Waals surface area (Å²) in [7, 11) is 0. The molecular formula is C17H23N3O5. The number of amides is 3. The summed E-state index contributed by atoms with van der Waals surface area (Å²) >= 11 is 0. The van der Waals surface area contributed by atoms with Gasteiger partial charge in [0.1, 0.15) is 17.9 Å². The number of likely N-dealkylation sites (tertiary alicyclic amines) is 1. The lowest BCUT2D eigenvalue weighted by molar-refractivity contribution is -0.142. The van der Waals surface area contributed by atoms with E-state index in [9.17, 15) is 14.4 Å². The van der Waals surface area contributed by atoms with Crippen LogP contribution >= 0.6 is 0 Å². The molecule has 2 atom stereocenters. The van der Waals surface area contributed by atoms with Crippen molar-refractivity contribution in [3.8, 4) is 5.75 Å². The van der Waals surface area contributed by atoms with Crippen molar-refractivity contribution in [3.05, 3.63) is 30.3 Å². The molecule has 3 N–H and O–H groups in total. The first-order chi connectivity index (χ1) is 12.0. The van der Waals surface area contributed by atoms with Crippen molar-refractivity contribution in [1.29, 1.82) is 0 Å². The zero-order valence-electron chi connectivity index (χ0n) is 14.1. The Morgan fingerprint density at radius 2 is 2.00 bits per heavy atom. The van der Waals surface area contributed by atoms with E-state index in [1.807, 2.05) is 18.2 Å². The lowest BCUT2D eigenvalue weighted by Crippen LogP contribution is -2.48. The first-order valence-corrected chi connectivity index (χ1v) is 8.22. The van der Waals surface area contributed by atoms with Crippen LogP contribution in [-0.4, -0.2) is 54.6 Å². The smallest absolute Gasteiger partial charge is 0.318 e. The van der Waals surface area contributed by atoms with Gasteiger partial charge in [0, 0.05) is 13.0 Å². The summed E-state index contributed by atoms with van der Waals surface area (Å²) in [6.07, 6.45) is 0.0735. The fraction of sp³-hybridized carbons (Fsp3) is 0.471. The Morgan fingerprint density at radius 1 is 1.28 bits per heavy atom. The van der Waals surface area contributed by atoms with Gasteiger partial charge in [-0.15, -0.1) is 0 Å². The molecule has 1 aliphatic heterocycles. The number of nitrogens with zero attached hydrogens (tertiary/aromatic N) is 1. The van der Waals surface area contributed by atoms with Crippen LogP contribution in [0.25, 0.3) is 0 Å². The highest BCUT2D eigenvalue weighted by Crippen LogP contribution is 2.23. The number of hydrogen-bond donors (Lipinski definition) is 2. The molecule has 1 aromatic carbocycles. The van der Waals surface area contributed by atoms with E-state index < -0.39 is 18.0 Å². The predicted octanol–water partition coefficient (Wildman–Crippen LogP) is 0.656. The van der Waals surface area contributed by atoms with Crippen LogP contribution in [0, 0.1) is 0 Å². The number of rotatable bonds is 7. The minimum Gasteiger partial charge on any atom is -0.488 e. The van der Waals surface area contributed by atoms with Crippen molar-refractivity contribution in [2.24, 2.45) is 5.73 Å². The summed E-state index contributed by atoms with van der Waals surface area (Å²) in [5, 5.41) is 2.61. The second kappa shape index (κ2) is 8.91. The molecule has 136 valence electrons. The monoisotopic (exact) mass is 349 g/mol. The maximum absolute atomic E-state index is 12.3. The van der Waals surface area contributed by atoms with Gasteiger partial charge in [-0.1, -0.05) is 18.2 Å². The molecule has 2 rings (SSSR count). The van der Waals surface area contributed by atoms with E-state index >= 15 is 0 Å². The normalized spacial score (nSPS) is 19.3. The van der Waals surface area contributed by atoms with Crippen molar-refractivity contribution in [2.75, 3.05) is 19.7 Å². The van der Waals surface area contributed by atoms with Gasteiger partial charge in [0.05, 0.1) is 19.6 Å². The Hall–Kier alpha value is -2.77. The van der Waals surface area contributed by atoms with E-state index in [-0.39, 0.29) is 31.6 Å². The third-order valence-corrected chi connectivity index (χ3v) is 3.81. The first kappa shape index (κ1) is 18.6. The number of primary amides is 1. The Balaban J connectivity index is 1.90. The number of carbonyl (C=O) groups excluding carboxylic acids is 3. The molecule has 0 aliphatic carbocycles. The lowest BCUT2D eigenvalue weighted by Gasteiger charge is -2.22. The third-order valence-electron chi connectivity index (χ3n) is 3.81. The fourth-order valence-corrected chi connectivity index (χ4v) is 2.67. The second-order valence-corrected chi connectivity index (χ2v) is 5.65. The average molecular weight is 349 g/mol. The Bertz CT molecular complexity index is 608. The van der Waals surface area contributed by atoms with Crippen LogP contribution in [0.5, 0.6) is 5.75 Å². The molecule has 0 bridgehead atoms. The van der Waals surface area contributed by atoms with Crippen molar-refractivity contribution < 1.29 is 23.9 Å². The summed E-state index contributed by atoms with van der Waals surface area (Å²) in [5.74, 6) is -0.305. The van der Waals surface area contributed by atoms with Gasteiger partial charge in [-0.05, 0) is 19.1 Å². The van der Waals surface area contributed by atoms with Crippen molar-refractivity contribution in [1.82, 2.24) is 10.2 Å². The molecule has 0 aromatic heterocycles. The number of carbonyl (C=O) groups is 3. The minimum absolute atomic E-state index is 0.0681. The summed E-state index contributed by atoms with van der Waals surface area (Å²) in [6, 6.07) is 7.98. The number of benzene rings is 1. The van der Waals surface area contributed by atoms with Crippen molar-refractivity contribution >= 4 is 17.9 Å². The van der Waals surface area contributed by atoms with Crippen LogP contribution < -0.4 is 15.8 Å². The van der Waals surface area contributed by atoms with Gasteiger partial charge < -0.3 is 25.4 Å². The maximum Gasteiger partial charge on any atom is 0.318 e. The third kappa shape index (κ3) is 5.37. The van der Waals surface area contributed by atoms with Crippen LogP contribution in [-0.2, 0) is 14.3 Å². The number of nitrogens with one attached hydrogen (secondary N) is 1. The highest BCUT2D eigenvalue weighted by Gasteiger charge is 2.39. The number of nitrogens with two attached hydrogens (primary N) is 1. The van der Waals surface area contributed by atoms with Crippen molar-refractivity contribution in [2.45, 2.75) is 31.9 Å². The molecule has 1 saturated heterocycles. The maximum atomic E-state index is 12.3. The number of para-hydroxylation sites is 1. The summed E-state index contributed by atoms with van der Waals surface area (Å²) < 4.78 is 10.6. The number of esters is 1. The summed E-state index contributed by atoms with van der Waals surface area (Å²) in [4.78, 5) is 36.6. The van der Waals surface area contributed by atoms with Crippen LogP contribution in [0.2, 0.25) is 0 Å². The van der Waals surface area contributed by atoms with Gasteiger partial charge in [0.15, 0.2) is 0 Å². The van der Waals surface area contributed by atoms with E-state index in [1.54, 1.807) is 19.1 Å². The molecular weight excluding hydrogens is 326 g/mol. The molecule has 0 radical (unpaired) electrons. The van der Waals surface area contributed by atoms with Gasteiger partial charge in [-0.3, -0.25) is 9.59 Å². The standard InChI is InChI=1S/C17H23N3O5/c1-2-24-15(21)8-9-19-17(23)20-11-13(10-14(20)16(18)22)25-12-6-4-3-5-7-12/h3-7,13-14H,2,8-11H2,1H3,(H2,18,22)(H,19,23)/t13-,14-/m0/s1. The van der Waals surface area contributed by atoms with Crippen LogP contribution in [0.4, 0.5) is 4.79 Å². The molecule has 1 aliphatic rings.